The molecule has 0 radical (unpaired) electrons. The lowest BCUT2D eigenvalue weighted by molar-refractivity contribution is 0.0924. The summed E-state index contributed by atoms with van der Waals surface area (Å²) in [5.41, 5.74) is 9.50. The lowest BCUT2D eigenvalue weighted by Crippen LogP contribution is -2.29. The topological polar surface area (TPSA) is 119 Å². The molecule has 1 aliphatic rings. The van der Waals surface area contributed by atoms with Crippen LogP contribution in [0.4, 0.5) is 11.4 Å². The number of nitrogens with two attached hydrogens (primary N) is 1. The fraction of sp³-hybridized carbons (Fsp3) is 0.0286. The SMILES string of the molecule is NC(=O)c1ccc2c(c1)C(=O)N(c1ccc(Cc3ccc(NC(=O)c4ccc(Oc5ccccc5)cc4)cc3)cc1)C2=O. The number of primary amides is 1. The van der Waals surface area contributed by atoms with Crippen molar-refractivity contribution in [2.45, 2.75) is 6.42 Å². The zero-order valence-corrected chi connectivity index (χ0v) is 22.8. The van der Waals surface area contributed by atoms with Crippen molar-refractivity contribution in [3.05, 3.63) is 155 Å². The maximum absolute atomic E-state index is 13.0. The fourth-order valence-electron chi connectivity index (χ4n) is 4.84. The van der Waals surface area contributed by atoms with Gasteiger partial charge in [0.1, 0.15) is 11.5 Å². The van der Waals surface area contributed by atoms with Gasteiger partial charge in [-0.2, -0.15) is 0 Å². The first-order chi connectivity index (χ1) is 20.9. The van der Waals surface area contributed by atoms with Crippen LogP contribution in [0.25, 0.3) is 0 Å². The van der Waals surface area contributed by atoms with Crippen molar-refractivity contribution in [1.29, 1.82) is 0 Å². The first kappa shape index (κ1) is 27.2. The number of ether oxygens (including phenoxy) is 1. The predicted molar refractivity (Wildman–Crippen MR) is 163 cm³/mol. The Balaban J connectivity index is 1.06. The highest BCUT2D eigenvalue weighted by Crippen LogP contribution is 2.30. The van der Waals surface area contributed by atoms with E-state index in [0.29, 0.717) is 29.1 Å². The molecule has 0 saturated carbocycles. The molecule has 0 aliphatic carbocycles. The number of nitrogens with zero attached hydrogens (tertiary/aromatic N) is 1. The van der Waals surface area contributed by atoms with Gasteiger partial charge in [-0.25, -0.2) is 4.90 Å². The molecular formula is C35H25N3O5. The summed E-state index contributed by atoms with van der Waals surface area (Å²) in [6.45, 7) is 0. The Morgan fingerprint density at radius 1 is 0.651 bits per heavy atom. The minimum atomic E-state index is -0.666. The third-order valence-electron chi connectivity index (χ3n) is 7.08. The van der Waals surface area contributed by atoms with Crippen LogP contribution in [0.1, 0.15) is 52.6 Å². The van der Waals surface area contributed by atoms with Crippen LogP contribution in [0.5, 0.6) is 11.5 Å². The minimum Gasteiger partial charge on any atom is -0.457 e. The predicted octanol–water partition coefficient (Wildman–Crippen LogP) is 6.22. The van der Waals surface area contributed by atoms with Crippen molar-refractivity contribution in [3.8, 4) is 11.5 Å². The smallest absolute Gasteiger partial charge is 0.266 e. The molecule has 0 aromatic heterocycles. The van der Waals surface area contributed by atoms with E-state index in [0.717, 1.165) is 21.8 Å². The Kier molecular flexibility index (Phi) is 7.24. The average Bonchev–Trinajstić information content (AvgIpc) is 3.28. The molecule has 0 fully saturated rings. The lowest BCUT2D eigenvalue weighted by atomic mass is 10.0. The average molecular weight is 568 g/mol. The van der Waals surface area contributed by atoms with Gasteiger partial charge in [0.25, 0.3) is 17.7 Å². The van der Waals surface area contributed by atoms with Gasteiger partial charge in [0.05, 0.1) is 16.8 Å². The quantitative estimate of drug-likeness (QED) is 0.216. The van der Waals surface area contributed by atoms with Crippen molar-refractivity contribution < 1.29 is 23.9 Å². The van der Waals surface area contributed by atoms with E-state index in [2.05, 4.69) is 5.32 Å². The van der Waals surface area contributed by atoms with E-state index in [1.165, 1.54) is 18.2 Å². The summed E-state index contributed by atoms with van der Waals surface area (Å²) in [4.78, 5) is 51.2. The maximum Gasteiger partial charge on any atom is 0.266 e. The second-order valence-corrected chi connectivity index (χ2v) is 10.0. The molecule has 4 amide bonds. The minimum absolute atomic E-state index is 0.159. The van der Waals surface area contributed by atoms with Crippen LogP contribution in [0, 0.1) is 0 Å². The first-order valence-corrected chi connectivity index (χ1v) is 13.5. The lowest BCUT2D eigenvalue weighted by Gasteiger charge is -2.14. The molecular weight excluding hydrogens is 542 g/mol. The van der Waals surface area contributed by atoms with Crippen LogP contribution in [0.3, 0.4) is 0 Å². The number of nitrogens with one attached hydrogen (secondary N) is 1. The summed E-state index contributed by atoms with van der Waals surface area (Å²) in [6.07, 6.45) is 0.613. The number of anilines is 2. The van der Waals surface area contributed by atoms with Crippen molar-refractivity contribution in [1.82, 2.24) is 0 Å². The molecule has 0 saturated heterocycles. The summed E-state index contributed by atoms with van der Waals surface area (Å²) in [6, 6.07) is 35.3. The van der Waals surface area contributed by atoms with Gasteiger partial charge in [-0.1, -0.05) is 42.5 Å². The number of rotatable bonds is 8. The molecule has 1 aliphatic heterocycles. The molecule has 0 atom stereocenters. The van der Waals surface area contributed by atoms with Crippen LogP contribution in [0.2, 0.25) is 0 Å². The zero-order chi connectivity index (χ0) is 29.9. The number of benzene rings is 5. The van der Waals surface area contributed by atoms with E-state index in [-0.39, 0.29) is 22.6 Å². The maximum atomic E-state index is 13.0. The monoisotopic (exact) mass is 567 g/mol. The molecule has 5 aromatic carbocycles. The van der Waals surface area contributed by atoms with E-state index < -0.39 is 17.7 Å². The zero-order valence-electron chi connectivity index (χ0n) is 22.8. The normalized spacial score (nSPS) is 12.1. The van der Waals surface area contributed by atoms with Crippen LogP contribution >= 0.6 is 0 Å². The van der Waals surface area contributed by atoms with E-state index in [1.54, 1.807) is 36.4 Å². The van der Waals surface area contributed by atoms with Crippen LogP contribution in [-0.2, 0) is 6.42 Å². The van der Waals surface area contributed by atoms with E-state index >= 15 is 0 Å². The molecule has 8 heteroatoms. The van der Waals surface area contributed by atoms with Gasteiger partial charge < -0.3 is 15.8 Å². The molecule has 0 spiro atoms. The molecule has 8 nitrogen and oxygen atoms in total. The largest absolute Gasteiger partial charge is 0.457 e. The number of fused-ring (bicyclic) bond motifs is 1. The Morgan fingerprint density at radius 3 is 1.88 bits per heavy atom. The highest BCUT2D eigenvalue weighted by molar-refractivity contribution is 6.34. The Bertz CT molecular complexity index is 1850. The number of carbonyl (C=O) groups is 4. The Morgan fingerprint density at radius 2 is 1.23 bits per heavy atom. The highest BCUT2D eigenvalue weighted by atomic mass is 16.5. The molecule has 5 aromatic rings. The highest BCUT2D eigenvalue weighted by Gasteiger charge is 2.37. The van der Waals surface area contributed by atoms with Crippen molar-refractivity contribution in [3.63, 3.8) is 0 Å². The van der Waals surface area contributed by atoms with Gasteiger partial charge in [0, 0.05) is 16.8 Å². The van der Waals surface area contributed by atoms with Gasteiger partial charge >= 0.3 is 0 Å². The second kappa shape index (κ2) is 11.5. The van der Waals surface area contributed by atoms with E-state index in [9.17, 15) is 19.2 Å². The van der Waals surface area contributed by atoms with Crippen molar-refractivity contribution in [2.75, 3.05) is 10.2 Å². The van der Waals surface area contributed by atoms with E-state index in [4.69, 9.17) is 10.5 Å². The number of amides is 4. The summed E-state index contributed by atoms with van der Waals surface area (Å²) < 4.78 is 5.78. The number of hydrogen-bond acceptors (Lipinski definition) is 5. The molecule has 210 valence electrons. The van der Waals surface area contributed by atoms with Crippen LogP contribution < -0.4 is 20.7 Å². The molecule has 3 N–H and O–H groups in total. The summed E-state index contributed by atoms with van der Waals surface area (Å²) in [5.74, 6) is -0.472. The van der Waals surface area contributed by atoms with Gasteiger partial charge in [0.2, 0.25) is 5.91 Å². The van der Waals surface area contributed by atoms with E-state index in [1.807, 2.05) is 66.7 Å². The Hall–Kier alpha value is -6.02. The number of para-hydroxylation sites is 1. The number of carbonyl (C=O) groups excluding carboxylic acids is 4. The van der Waals surface area contributed by atoms with Crippen molar-refractivity contribution >= 4 is 35.0 Å². The van der Waals surface area contributed by atoms with Crippen LogP contribution in [-0.4, -0.2) is 23.6 Å². The van der Waals surface area contributed by atoms with Gasteiger partial charge in [-0.3, -0.25) is 19.2 Å². The molecule has 6 rings (SSSR count). The molecule has 0 unspecified atom stereocenters. The molecule has 1 heterocycles. The number of hydrogen-bond donors (Lipinski definition) is 2. The molecule has 43 heavy (non-hydrogen) atoms. The fourth-order valence-corrected chi connectivity index (χ4v) is 4.84. The third-order valence-corrected chi connectivity index (χ3v) is 7.08. The third kappa shape index (κ3) is 5.75. The second-order valence-electron chi connectivity index (χ2n) is 10.0. The van der Waals surface area contributed by atoms with Gasteiger partial charge in [-0.15, -0.1) is 0 Å². The standard InChI is InChI=1S/C35H25N3O5/c36-32(39)25-12-19-30-31(21-25)35(42)38(34(30)41)27-15-8-23(9-16-27)20-22-6-13-26(14-7-22)37-33(40)24-10-17-29(18-11-24)43-28-4-2-1-3-5-28/h1-19,21H,20H2,(H2,36,39)(H,37,40). The van der Waals surface area contributed by atoms with Crippen molar-refractivity contribution in [2.24, 2.45) is 5.73 Å². The van der Waals surface area contributed by atoms with Gasteiger partial charge in [-0.05, 0) is 96.4 Å². The van der Waals surface area contributed by atoms with Gasteiger partial charge in [0.15, 0.2) is 0 Å². The summed E-state index contributed by atoms with van der Waals surface area (Å²) in [7, 11) is 0. The Labute approximate surface area is 247 Å². The summed E-state index contributed by atoms with van der Waals surface area (Å²) in [5, 5.41) is 2.91. The first-order valence-electron chi connectivity index (χ1n) is 13.5. The van der Waals surface area contributed by atoms with Crippen LogP contribution in [0.15, 0.2) is 121 Å². The summed E-state index contributed by atoms with van der Waals surface area (Å²) >= 11 is 0. The number of imide groups is 1. The molecule has 0 bridgehead atoms.